The topological polar surface area (TPSA) is 106 Å². The van der Waals surface area contributed by atoms with E-state index in [4.69, 9.17) is 4.74 Å². The first-order chi connectivity index (χ1) is 12.7. The molecule has 0 unspecified atom stereocenters. The van der Waals surface area contributed by atoms with Gasteiger partial charge < -0.3 is 14.6 Å². The molecule has 0 atom stereocenters. The average Bonchev–Trinajstić information content (AvgIpc) is 2.90. The first-order valence-electron chi connectivity index (χ1n) is 8.37. The van der Waals surface area contributed by atoms with Gasteiger partial charge in [0.25, 0.3) is 0 Å². The molecule has 0 saturated carbocycles. The first kappa shape index (κ1) is 20.7. The summed E-state index contributed by atoms with van der Waals surface area (Å²) >= 11 is 0. The fourth-order valence-electron chi connectivity index (χ4n) is 2.64. The summed E-state index contributed by atoms with van der Waals surface area (Å²) in [6.07, 6.45) is 0. The molecule has 1 amide bonds. The molecule has 146 valence electrons. The first-order valence-corrected chi connectivity index (χ1v) is 9.85. The number of hydrogen-bond acceptors (Lipinski definition) is 5. The van der Waals surface area contributed by atoms with Crippen LogP contribution in [0.2, 0.25) is 0 Å². The van der Waals surface area contributed by atoms with Crippen LogP contribution >= 0.6 is 0 Å². The smallest absolute Gasteiger partial charge is 0.339 e. The number of amides is 1. The highest BCUT2D eigenvalue weighted by molar-refractivity contribution is 7.89. The maximum atomic E-state index is 12.4. The van der Waals surface area contributed by atoms with Crippen LogP contribution in [0.3, 0.4) is 0 Å². The average molecular weight is 393 g/mol. The Balaban J connectivity index is 2.11. The van der Waals surface area contributed by atoms with Crippen LogP contribution in [0.1, 0.15) is 28.7 Å². The third-order valence-electron chi connectivity index (χ3n) is 4.09. The molecular formula is C18H23N3O5S. The van der Waals surface area contributed by atoms with Crippen LogP contribution in [0.5, 0.6) is 0 Å². The number of aromatic nitrogens is 1. The van der Waals surface area contributed by atoms with Crippen molar-refractivity contribution in [3.8, 4) is 0 Å². The monoisotopic (exact) mass is 393 g/mol. The molecule has 1 aromatic carbocycles. The van der Waals surface area contributed by atoms with Crippen molar-refractivity contribution in [1.82, 2.24) is 9.29 Å². The van der Waals surface area contributed by atoms with E-state index in [1.54, 1.807) is 31.4 Å². The van der Waals surface area contributed by atoms with Crippen molar-refractivity contribution in [2.45, 2.75) is 32.2 Å². The molecule has 1 heterocycles. The van der Waals surface area contributed by atoms with E-state index >= 15 is 0 Å². The van der Waals surface area contributed by atoms with Crippen molar-refractivity contribution in [3.63, 3.8) is 0 Å². The van der Waals surface area contributed by atoms with Crippen molar-refractivity contribution in [2.24, 2.45) is 0 Å². The molecule has 1 aromatic heterocycles. The summed E-state index contributed by atoms with van der Waals surface area (Å²) in [6.45, 7) is 5.60. The number of hydrogen-bond donors (Lipinski definition) is 2. The molecule has 0 aliphatic heterocycles. The molecule has 2 rings (SSSR count). The van der Waals surface area contributed by atoms with Crippen molar-refractivity contribution in [1.29, 1.82) is 0 Å². The molecule has 0 fully saturated rings. The molecule has 0 spiro atoms. The number of nitrogens with zero attached hydrogens (tertiary/aromatic N) is 1. The summed E-state index contributed by atoms with van der Waals surface area (Å²) in [5.41, 5.74) is 2.32. The highest BCUT2D eigenvalue weighted by Gasteiger charge is 2.18. The zero-order valence-corrected chi connectivity index (χ0v) is 16.5. The maximum Gasteiger partial charge on any atom is 0.339 e. The van der Waals surface area contributed by atoms with E-state index in [1.165, 1.54) is 31.3 Å². The second-order valence-corrected chi connectivity index (χ2v) is 7.76. The van der Waals surface area contributed by atoms with Crippen LogP contribution in [0.4, 0.5) is 5.69 Å². The van der Waals surface area contributed by atoms with E-state index < -0.39 is 16.0 Å². The minimum atomic E-state index is -3.52. The Labute approximate surface area is 158 Å². The fourth-order valence-corrected chi connectivity index (χ4v) is 3.37. The molecule has 8 nitrogen and oxygen atoms in total. The van der Waals surface area contributed by atoms with Gasteiger partial charge >= 0.3 is 5.97 Å². The van der Waals surface area contributed by atoms with E-state index in [1.807, 2.05) is 0 Å². The molecule has 0 aliphatic rings. The fraction of sp³-hybridized carbons (Fsp3) is 0.333. The Bertz CT molecular complexity index is 946. The Morgan fingerprint density at radius 2 is 1.78 bits per heavy atom. The predicted octanol–water partition coefficient (Wildman–Crippen LogP) is 1.83. The van der Waals surface area contributed by atoms with Gasteiger partial charge in [-0.05, 0) is 58.2 Å². The predicted molar refractivity (Wildman–Crippen MR) is 101 cm³/mol. The van der Waals surface area contributed by atoms with E-state index in [0.717, 1.165) is 5.69 Å². The van der Waals surface area contributed by atoms with Gasteiger partial charge in [0.05, 0.1) is 17.1 Å². The van der Waals surface area contributed by atoms with E-state index in [9.17, 15) is 18.0 Å². The number of anilines is 1. The standard InChI is InChI=1S/C18H23N3O5S/c1-5-26-18(23)16-10-12(2)21(13(16)3)11-17(22)20-14-6-8-15(9-7-14)27(24,25)19-4/h6-10,19H,5,11H2,1-4H3,(H,20,22). The van der Waals surface area contributed by atoms with Gasteiger partial charge in [-0.25, -0.2) is 17.9 Å². The summed E-state index contributed by atoms with van der Waals surface area (Å²) in [7, 11) is -2.19. The molecule has 2 N–H and O–H groups in total. The van der Waals surface area contributed by atoms with Gasteiger partial charge in [0, 0.05) is 17.1 Å². The summed E-state index contributed by atoms with van der Waals surface area (Å²) in [5, 5.41) is 2.71. The van der Waals surface area contributed by atoms with Gasteiger partial charge in [-0.15, -0.1) is 0 Å². The Morgan fingerprint density at radius 1 is 1.15 bits per heavy atom. The Hall–Kier alpha value is -2.65. The van der Waals surface area contributed by atoms with Gasteiger partial charge in [-0.3, -0.25) is 4.79 Å². The van der Waals surface area contributed by atoms with Crippen LogP contribution in [-0.2, 0) is 26.1 Å². The Kier molecular flexibility index (Phi) is 6.40. The molecule has 2 aromatic rings. The lowest BCUT2D eigenvalue weighted by molar-refractivity contribution is -0.116. The SMILES string of the molecule is CCOC(=O)c1cc(C)n(CC(=O)Nc2ccc(S(=O)(=O)NC)cc2)c1C. The van der Waals surface area contributed by atoms with Gasteiger partial charge in [-0.1, -0.05) is 0 Å². The zero-order chi connectivity index (χ0) is 20.2. The maximum absolute atomic E-state index is 12.4. The minimum absolute atomic E-state index is 0.0215. The molecular weight excluding hydrogens is 370 g/mol. The lowest BCUT2D eigenvalue weighted by atomic mass is 10.2. The third kappa shape index (κ3) is 4.75. The van der Waals surface area contributed by atoms with E-state index in [0.29, 0.717) is 16.9 Å². The molecule has 0 saturated heterocycles. The minimum Gasteiger partial charge on any atom is -0.462 e. The number of carbonyl (C=O) groups excluding carboxylic acids is 2. The van der Waals surface area contributed by atoms with Crippen molar-refractivity contribution in [3.05, 3.63) is 47.3 Å². The quantitative estimate of drug-likeness (QED) is 0.698. The second-order valence-electron chi connectivity index (χ2n) is 5.87. The highest BCUT2D eigenvalue weighted by Crippen LogP contribution is 2.17. The number of rotatable bonds is 7. The van der Waals surface area contributed by atoms with Gasteiger partial charge in [-0.2, -0.15) is 0 Å². The van der Waals surface area contributed by atoms with Crippen LogP contribution in [-0.4, -0.2) is 38.5 Å². The van der Waals surface area contributed by atoms with Crippen LogP contribution in [0, 0.1) is 13.8 Å². The molecule has 0 aliphatic carbocycles. The highest BCUT2D eigenvalue weighted by atomic mass is 32.2. The van der Waals surface area contributed by atoms with Crippen molar-refractivity contribution < 1.29 is 22.7 Å². The number of sulfonamides is 1. The summed E-state index contributed by atoms with van der Waals surface area (Å²) < 4.78 is 32.4. The number of carbonyl (C=O) groups is 2. The summed E-state index contributed by atoms with van der Waals surface area (Å²) in [5.74, 6) is -0.713. The number of nitrogens with one attached hydrogen (secondary N) is 2. The number of esters is 1. The largest absolute Gasteiger partial charge is 0.462 e. The molecule has 0 radical (unpaired) electrons. The molecule has 9 heteroatoms. The van der Waals surface area contributed by atoms with Crippen molar-refractivity contribution >= 4 is 27.6 Å². The molecule has 0 bridgehead atoms. The van der Waals surface area contributed by atoms with E-state index in [2.05, 4.69) is 10.0 Å². The van der Waals surface area contributed by atoms with Gasteiger partial charge in [0.2, 0.25) is 15.9 Å². The lowest BCUT2D eigenvalue weighted by Gasteiger charge is -2.11. The normalized spacial score (nSPS) is 11.3. The van der Waals surface area contributed by atoms with Gasteiger partial charge in [0.15, 0.2) is 0 Å². The second kappa shape index (κ2) is 8.36. The number of ether oxygens (including phenoxy) is 1. The number of aryl methyl sites for hydroxylation is 1. The van der Waals surface area contributed by atoms with Crippen LogP contribution in [0.25, 0.3) is 0 Å². The lowest BCUT2D eigenvalue weighted by Crippen LogP contribution is -2.21. The third-order valence-corrected chi connectivity index (χ3v) is 5.52. The summed E-state index contributed by atoms with van der Waals surface area (Å²) in [4.78, 5) is 24.4. The number of benzene rings is 1. The van der Waals surface area contributed by atoms with Crippen LogP contribution < -0.4 is 10.0 Å². The van der Waals surface area contributed by atoms with Gasteiger partial charge in [0.1, 0.15) is 6.54 Å². The van der Waals surface area contributed by atoms with Crippen LogP contribution in [0.15, 0.2) is 35.2 Å². The van der Waals surface area contributed by atoms with Crippen molar-refractivity contribution in [2.75, 3.05) is 19.0 Å². The Morgan fingerprint density at radius 3 is 2.33 bits per heavy atom. The molecule has 27 heavy (non-hydrogen) atoms. The van der Waals surface area contributed by atoms with E-state index in [-0.39, 0.29) is 24.0 Å². The zero-order valence-electron chi connectivity index (χ0n) is 15.7. The summed E-state index contributed by atoms with van der Waals surface area (Å²) in [6, 6.07) is 7.54.